The largest absolute Gasteiger partial charge is 0.459 e. The van der Waals surface area contributed by atoms with Gasteiger partial charge in [0.15, 0.2) is 5.76 Å². The number of alkyl halides is 3. The van der Waals surface area contributed by atoms with E-state index in [1.165, 1.54) is 41.1 Å². The van der Waals surface area contributed by atoms with Gasteiger partial charge in [-0.05, 0) is 23.8 Å². The van der Waals surface area contributed by atoms with Crippen molar-refractivity contribution in [2.75, 3.05) is 12.3 Å². The molecule has 0 N–H and O–H groups in total. The van der Waals surface area contributed by atoms with Gasteiger partial charge >= 0.3 is 6.18 Å². The Labute approximate surface area is 129 Å². The van der Waals surface area contributed by atoms with E-state index in [2.05, 4.69) is 0 Å². The maximum atomic E-state index is 13.2. The minimum Gasteiger partial charge on any atom is -0.459 e. The molecular weight excluding hydrogens is 315 g/mol. The van der Waals surface area contributed by atoms with Crippen molar-refractivity contribution in [2.45, 2.75) is 11.6 Å². The second-order valence-corrected chi connectivity index (χ2v) is 5.97. The third kappa shape index (κ3) is 2.72. The third-order valence-corrected chi connectivity index (χ3v) is 4.66. The first-order valence-corrected chi connectivity index (χ1v) is 7.65. The molecule has 0 radical (unpaired) electrons. The number of hydrogen-bond donors (Lipinski definition) is 0. The molecule has 3 rings (SSSR count). The van der Waals surface area contributed by atoms with Crippen molar-refractivity contribution in [1.29, 1.82) is 0 Å². The second kappa shape index (κ2) is 5.72. The van der Waals surface area contributed by atoms with E-state index >= 15 is 0 Å². The van der Waals surface area contributed by atoms with Crippen molar-refractivity contribution in [3.8, 4) is 0 Å². The van der Waals surface area contributed by atoms with Crippen LogP contribution in [0.25, 0.3) is 0 Å². The van der Waals surface area contributed by atoms with E-state index in [-0.39, 0.29) is 11.3 Å². The van der Waals surface area contributed by atoms with Gasteiger partial charge in [0.2, 0.25) is 0 Å². The SMILES string of the molecule is O=C(c1ccco1)N1CCSC1c1ccccc1C(F)(F)F. The Kier molecular flexibility index (Phi) is 3.90. The summed E-state index contributed by atoms with van der Waals surface area (Å²) in [5.41, 5.74) is -0.593. The van der Waals surface area contributed by atoms with Crippen molar-refractivity contribution >= 4 is 17.7 Å². The predicted octanol–water partition coefficient (Wildman–Crippen LogP) is 4.19. The Balaban J connectivity index is 1.96. The van der Waals surface area contributed by atoms with Crippen LogP contribution >= 0.6 is 11.8 Å². The molecule has 22 heavy (non-hydrogen) atoms. The lowest BCUT2D eigenvalue weighted by molar-refractivity contribution is -0.138. The van der Waals surface area contributed by atoms with E-state index in [9.17, 15) is 18.0 Å². The van der Waals surface area contributed by atoms with Crippen molar-refractivity contribution in [3.05, 3.63) is 59.5 Å². The molecule has 3 nitrogen and oxygen atoms in total. The van der Waals surface area contributed by atoms with E-state index in [1.54, 1.807) is 12.1 Å². The maximum absolute atomic E-state index is 13.2. The molecule has 116 valence electrons. The number of rotatable bonds is 2. The van der Waals surface area contributed by atoms with Crippen LogP contribution in [0.4, 0.5) is 13.2 Å². The molecule has 1 atom stereocenters. The molecule has 0 aliphatic carbocycles. The molecule has 1 aromatic heterocycles. The zero-order valence-corrected chi connectivity index (χ0v) is 12.2. The third-order valence-electron chi connectivity index (χ3n) is 3.42. The highest BCUT2D eigenvalue weighted by Gasteiger charge is 2.39. The van der Waals surface area contributed by atoms with Crippen LogP contribution in [0.2, 0.25) is 0 Å². The zero-order chi connectivity index (χ0) is 15.7. The number of halogens is 3. The molecule has 1 unspecified atom stereocenters. The molecule has 1 fully saturated rings. The fraction of sp³-hybridized carbons (Fsp3) is 0.267. The number of nitrogens with zero attached hydrogens (tertiary/aromatic N) is 1. The average Bonchev–Trinajstić information content (AvgIpc) is 3.17. The molecule has 1 aliphatic heterocycles. The van der Waals surface area contributed by atoms with Gasteiger partial charge in [-0.15, -0.1) is 11.8 Å². The lowest BCUT2D eigenvalue weighted by Gasteiger charge is -2.25. The monoisotopic (exact) mass is 327 g/mol. The Bertz CT molecular complexity index is 670. The van der Waals surface area contributed by atoms with Gasteiger partial charge in [0, 0.05) is 12.3 Å². The normalized spacial score (nSPS) is 18.7. The Hall–Kier alpha value is -1.89. The van der Waals surface area contributed by atoms with Crippen molar-refractivity contribution in [3.63, 3.8) is 0 Å². The highest BCUT2D eigenvalue weighted by atomic mass is 32.2. The molecule has 0 spiro atoms. The minimum absolute atomic E-state index is 0.109. The van der Waals surface area contributed by atoms with Gasteiger partial charge in [-0.1, -0.05) is 18.2 Å². The Morgan fingerprint density at radius 1 is 1.23 bits per heavy atom. The number of carbonyl (C=O) groups excluding carboxylic acids is 1. The number of benzene rings is 1. The molecule has 1 saturated heterocycles. The molecule has 1 amide bonds. The standard InChI is InChI=1S/C15H12F3NO2S/c16-15(17,18)11-5-2-1-4-10(11)14-19(7-9-22-14)13(20)12-6-3-8-21-12/h1-6,8,14H,7,9H2. The molecule has 2 aromatic rings. The van der Waals surface area contributed by atoms with Crippen LogP contribution in [0.15, 0.2) is 47.1 Å². The molecule has 1 aliphatic rings. The lowest BCUT2D eigenvalue weighted by Crippen LogP contribution is -2.31. The molecule has 0 saturated carbocycles. The summed E-state index contributed by atoms with van der Waals surface area (Å²) >= 11 is 1.32. The summed E-state index contributed by atoms with van der Waals surface area (Å²) in [5, 5.41) is -0.657. The summed E-state index contributed by atoms with van der Waals surface area (Å²) in [4.78, 5) is 13.8. The van der Waals surface area contributed by atoms with Crippen LogP contribution in [0.1, 0.15) is 27.1 Å². The molecular formula is C15H12F3NO2S. The van der Waals surface area contributed by atoms with Crippen LogP contribution < -0.4 is 0 Å². The van der Waals surface area contributed by atoms with E-state index in [0.29, 0.717) is 12.3 Å². The van der Waals surface area contributed by atoms with Gasteiger partial charge in [-0.2, -0.15) is 13.2 Å². The lowest BCUT2D eigenvalue weighted by atomic mass is 10.1. The Morgan fingerprint density at radius 2 is 2.00 bits per heavy atom. The maximum Gasteiger partial charge on any atom is 0.416 e. The highest BCUT2D eigenvalue weighted by molar-refractivity contribution is 7.99. The fourth-order valence-electron chi connectivity index (χ4n) is 2.45. The predicted molar refractivity (Wildman–Crippen MR) is 76.4 cm³/mol. The molecule has 2 heterocycles. The average molecular weight is 327 g/mol. The van der Waals surface area contributed by atoms with Crippen LogP contribution in [0, 0.1) is 0 Å². The van der Waals surface area contributed by atoms with E-state index in [0.717, 1.165) is 6.07 Å². The summed E-state index contributed by atoms with van der Waals surface area (Å²) in [6, 6.07) is 8.47. The highest BCUT2D eigenvalue weighted by Crippen LogP contribution is 2.44. The summed E-state index contributed by atoms with van der Waals surface area (Å²) in [6.07, 6.45) is -3.08. The van der Waals surface area contributed by atoms with Crippen LogP contribution in [0.3, 0.4) is 0 Å². The van der Waals surface area contributed by atoms with Gasteiger partial charge < -0.3 is 9.32 Å². The molecule has 7 heteroatoms. The Morgan fingerprint density at radius 3 is 2.68 bits per heavy atom. The van der Waals surface area contributed by atoms with Crippen molar-refractivity contribution in [2.24, 2.45) is 0 Å². The summed E-state index contributed by atoms with van der Waals surface area (Å²) in [5.74, 6) is 0.331. The number of amides is 1. The summed E-state index contributed by atoms with van der Waals surface area (Å²) < 4.78 is 44.6. The number of hydrogen-bond acceptors (Lipinski definition) is 3. The van der Waals surface area contributed by atoms with Gasteiger partial charge in [0.1, 0.15) is 5.37 Å². The smallest absolute Gasteiger partial charge is 0.416 e. The van der Waals surface area contributed by atoms with E-state index in [1.807, 2.05) is 0 Å². The second-order valence-electron chi connectivity index (χ2n) is 4.78. The molecule has 0 bridgehead atoms. The first kappa shape index (κ1) is 15.0. The number of furan rings is 1. The van der Waals surface area contributed by atoms with Crippen LogP contribution in [-0.4, -0.2) is 23.1 Å². The van der Waals surface area contributed by atoms with E-state index in [4.69, 9.17) is 4.42 Å². The first-order valence-electron chi connectivity index (χ1n) is 6.60. The van der Waals surface area contributed by atoms with Gasteiger partial charge in [0.25, 0.3) is 5.91 Å². The van der Waals surface area contributed by atoms with Gasteiger partial charge in [-0.25, -0.2) is 0 Å². The minimum atomic E-state index is -4.45. The number of carbonyl (C=O) groups is 1. The van der Waals surface area contributed by atoms with Gasteiger partial charge in [-0.3, -0.25) is 4.79 Å². The number of thioether (sulfide) groups is 1. The summed E-state index contributed by atoms with van der Waals surface area (Å²) in [6.45, 7) is 0.390. The van der Waals surface area contributed by atoms with E-state index < -0.39 is 23.0 Å². The first-order chi connectivity index (χ1) is 10.5. The topological polar surface area (TPSA) is 33.5 Å². The summed E-state index contributed by atoms with van der Waals surface area (Å²) in [7, 11) is 0. The van der Waals surface area contributed by atoms with Gasteiger partial charge in [0.05, 0.1) is 11.8 Å². The quantitative estimate of drug-likeness (QED) is 0.829. The van der Waals surface area contributed by atoms with Crippen LogP contribution in [0.5, 0.6) is 0 Å². The fourth-order valence-corrected chi connectivity index (χ4v) is 3.74. The zero-order valence-electron chi connectivity index (χ0n) is 11.3. The van der Waals surface area contributed by atoms with Crippen molar-refractivity contribution in [1.82, 2.24) is 4.90 Å². The van der Waals surface area contributed by atoms with Crippen LogP contribution in [-0.2, 0) is 6.18 Å². The molecule has 1 aromatic carbocycles. The van der Waals surface area contributed by atoms with Crippen molar-refractivity contribution < 1.29 is 22.4 Å².